The van der Waals surface area contributed by atoms with Crippen molar-refractivity contribution < 1.29 is 4.79 Å². The van der Waals surface area contributed by atoms with Gasteiger partial charge in [0.15, 0.2) is 3.95 Å². The lowest BCUT2D eigenvalue weighted by Crippen LogP contribution is -2.49. The zero-order valence-corrected chi connectivity index (χ0v) is 18.1. The van der Waals surface area contributed by atoms with Gasteiger partial charge in [0.1, 0.15) is 0 Å². The van der Waals surface area contributed by atoms with E-state index in [1.54, 1.807) is 0 Å². The van der Waals surface area contributed by atoms with Gasteiger partial charge in [-0.1, -0.05) is 30.4 Å². The summed E-state index contributed by atoms with van der Waals surface area (Å²) in [5.41, 5.74) is 2.22. The van der Waals surface area contributed by atoms with Crippen LogP contribution >= 0.6 is 23.6 Å². The number of hydrogen-bond acceptors (Lipinski definition) is 7. The molecule has 2 aromatic rings. The van der Waals surface area contributed by atoms with E-state index in [0.717, 1.165) is 53.9 Å². The molecule has 28 heavy (non-hydrogen) atoms. The number of hydrogen-bond donors (Lipinski definition) is 2. The van der Waals surface area contributed by atoms with E-state index in [1.165, 1.54) is 16.9 Å². The van der Waals surface area contributed by atoms with Crippen molar-refractivity contribution >= 4 is 40.3 Å². The third-order valence-corrected chi connectivity index (χ3v) is 5.84. The first kappa shape index (κ1) is 20.9. The molecule has 1 aromatic heterocycles. The molecule has 0 saturated carbocycles. The van der Waals surface area contributed by atoms with Crippen molar-refractivity contribution in [3.63, 3.8) is 0 Å². The van der Waals surface area contributed by atoms with E-state index in [1.807, 2.05) is 16.8 Å². The van der Waals surface area contributed by atoms with E-state index in [-0.39, 0.29) is 5.91 Å². The van der Waals surface area contributed by atoms with Crippen LogP contribution < -0.4 is 10.6 Å². The van der Waals surface area contributed by atoms with Gasteiger partial charge < -0.3 is 10.6 Å². The fourth-order valence-corrected chi connectivity index (χ4v) is 4.11. The van der Waals surface area contributed by atoms with Crippen LogP contribution in [0.3, 0.4) is 0 Å². The number of aryl methyl sites for hydroxylation is 1. The summed E-state index contributed by atoms with van der Waals surface area (Å²) in [6, 6.07) is 8.21. The van der Waals surface area contributed by atoms with Crippen LogP contribution in [-0.2, 0) is 11.5 Å². The summed E-state index contributed by atoms with van der Waals surface area (Å²) in [5.74, 6) is 0.115. The number of piperazine rings is 1. The van der Waals surface area contributed by atoms with Crippen molar-refractivity contribution in [2.24, 2.45) is 0 Å². The van der Waals surface area contributed by atoms with Crippen molar-refractivity contribution in [3.8, 4) is 0 Å². The molecular weight excluding hydrogens is 392 g/mol. The minimum Gasteiger partial charge on any atom is -0.355 e. The largest absolute Gasteiger partial charge is 0.355 e. The lowest BCUT2D eigenvalue weighted by molar-refractivity contribution is -0.122. The van der Waals surface area contributed by atoms with Crippen LogP contribution in [0.5, 0.6) is 0 Å². The topological polar surface area (TPSA) is 65.4 Å². The van der Waals surface area contributed by atoms with Crippen molar-refractivity contribution in [1.82, 2.24) is 24.9 Å². The maximum Gasteiger partial charge on any atom is 0.234 e. The highest BCUT2D eigenvalue weighted by Crippen LogP contribution is 2.21. The van der Waals surface area contributed by atoms with Gasteiger partial charge in [0.2, 0.25) is 11.0 Å². The molecule has 1 saturated heterocycles. The Hall–Kier alpha value is -1.81. The highest BCUT2D eigenvalue weighted by molar-refractivity contribution is 7.73. The van der Waals surface area contributed by atoms with Gasteiger partial charge in [-0.15, -0.1) is 5.10 Å². The first-order chi connectivity index (χ1) is 13.5. The number of nitrogens with one attached hydrogen (secondary N) is 2. The van der Waals surface area contributed by atoms with Gasteiger partial charge >= 0.3 is 0 Å². The van der Waals surface area contributed by atoms with Crippen molar-refractivity contribution in [3.05, 3.63) is 33.8 Å². The molecule has 0 aliphatic carbocycles. The standard InChI is InChI=1S/C19H28N6OS2/c1-3-7-20-17(26)13-23-8-10-24(11-9-23)14-25-19(27)28-18(22-25)21-16-6-4-5-15(2)12-16/h4-6,12H,3,7-11,13-14H2,1-2H3,(H,20,26)(H,21,22). The molecule has 7 nitrogen and oxygen atoms in total. The van der Waals surface area contributed by atoms with Gasteiger partial charge in [-0.3, -0.25) is 14.6 Å². The zero-order chi connectivity index (χ0) is 19.9. The Bertz CT molecular complexity index is 841. The molecule has 2 N–H and O–H groups in total. The molecule has 0 unspecified atom stereocenters. The normalized spacial score (nSPS) is 15.5. The molecule has 1 amide bonds. The molecule has 1 fully saturated rings. The number of rotatable bonds is 8. The van der Waals surface area contributed by atoms with Crippen LogP contribution in [0.1, 0.15) is 18.9 Å². The fourth-order valence-electron chi connectivity index (χ4n) is 3.09. The van der Waals surface area contributed by atoms with Crippen LogP contribution in [-0.4, -0.2) is 64.8 Å². The Morgan fingerprint density at radius 3 is 2.71 bits per heavy atom. The van der Waals surface area contributed by atoms with Crippen LogP contribution in [0.25, 0.3) is 0 Å². The Labute approximate surface area is 175 Å². The molecule has 1 aromatic carbocycles. The van der Waals surface area contributed by atoms with E-state index in [4.69, 9.17) is 12.2 Å². The van der Waals surface area contributed by atoms with Crippen LogP contribution in [0.4, 0.5) is 10.8 Å². The number of anilines is 2. The molecule has 1 aliphatic rings. The van der Waals surface area contributed by atoms with E-state index in [2.05, 4.69) is 51.5 Å². The second-order valence-electron chi connectivity index (χ2n) is 7.05. The van der Waals surface area contributed by atoms with Gasteiger partial charge in [0, 0.05) is 38.4 Å². The monoisotopic (exact) mass is 420 g/mol. The smallest absolute Gasteiger partial charge is 0.234 e. The average Bonchev–Trinajstić information content (AvgIpc) is 3.00. The SMILES string of the molecule is CCCNC(=O)CN1CCN(Cn2nc(Nc3cccc(C)c3)sc2=S)CC1. The molecular formula is C19H28N6OS2. The third kappa shape index (κ3) is 6.10. The summed E-state index contributed by atoms with van der Waals surface area (Å²) < 4.78 is 2.64. The number of amides is 1. The summed E-state index contributed by atoms with van der Waals surface area (Å²) in [5, 5.41) is 11.7. The first-order valence-corrected chi connectivity index (χ1v) is 10.9. The third-order valence-electron chi connectivity index (χ3n) is 4.61. The van der Waals surface area contributed by atoms with Crippen LogP contribution in [0.15, 0.2) is 24.3 Å². The van der Waals surface area contributed by atoms with Gasteiger partial charge in [-0.2, -0.15) is 0 Å². The van der Waals surface area contributed by atoms with E-state index in [0.29, 0.717) is 13.2 Å². The van der Waals surface area contributed by atoms with E-state index in [9.17, 15) is 4.79 Å². The Morgan fingerprint density at radius 1 is 1.25 bits per heavy atom. The second-order valence-corrected chi connectivity index (χ2v) is 8.68. The highest BCUT2D eigenvalue weighted by Gasteiger charge is 2.19. The highest BCUT2D eigenvalue weighted by atomic mass is 32.1. The number of aromatic nitrogens is 2. The quantitative estimate of drug-likeness (QED) is 0.640. The second kappa shape index (κ2) is 10.1. The average molecular weight is 421 g/mol. The number of nitrogens with zero attached hydrogens (tertiary/aromatic N) is 4. The number of carbonyl (C=O) groups is 1. The Kier molecular flexibility index (Phi) is 7.55. The summed E-state index contributed by atoms with van der Waals surface area (Å²) in [7, 11) is 0. The number of carbonyl (C=O) groups excluding carboxylic acids is 1. The summed E-state index contributed by atoms with van der Waals surface area (Å²) in [6.07, 6.45) is 0.967. The van der Waals surface area contributed by atoms with Gasteiger partial charge in [0.05, 0.1) is 13.2 Å². The van der Waals surface area contributed by atoms with E-state index >= 15 is 0 Å². The molecule has 0 spiro atoms. The van der Waals surface area contributed by atoms with Crippen molar-refractivity contribution in [2.45, 2.75) is 26.9 Å². The van der Waals surface area contributed by atoms with Crippen LogP contribution in [0.2, 0.25) is 0 Å². The maximum atomic E-state index is 11.9. The molecule has 9 heteroatoms. The predicted octanol–water partition coefficient (Wildman–Crippen LogP) is 2.83. The molecule has 1 aliphatic heterocycles. The first-order valence-electron chi connectivity index (χ1n) is 9.66. The van der Waals surface area contributed by atoms with Crippen LogP contribution in [0, 0.1) is 10.9 Å². The minimum atomic E-state index is 0.115. The minimum absolute atomic E-state index is 0.115. The van der Waals surface area contributed by atoms with Gasteiger partial charge in [-0.25, -0.2) is 4.68 Å². The Morgan fingerprint density at radius 2 is 2.00 bits per heavy atom. The molecule has 2 heterocycles. The number of benzene rings is 1. The molecule has 3 rings (SSSR count). The summed E-state index contributed by atoms with van der Waals surface area (Å²) in [4.78, 5) is 16.4. The van der Waals surface area contributed by atoms with Crippen molar-refractivity contribution in [1.29, 1.82) is 0 Å². The van der Waals surface area contributed by atoms with E-state index < -0.39 is 0 Å². The van der Waals surface area contributed by atoms with Crippen molar-refractivity contribution in [2.75, 3.05) is 44.6 Å². The lowest BCUT2D eigenvalue weighted by atomic mass is 10.2. The summed E-state index contributed by atoms with van der Waals surface area (Å²) >= 11 is 6.98. The fraction of sp³-hybridized carbons (Fsp3) is 0.526. The molecule has 152 valence electrons. The zero-order valence-electron chi connectivity index (χ0n) is 16.5. The van der Waals surface area contributed by atoms with Gasteiger partial charge in [0.25, 0.3) is 0 Å². The molecule has 0 atom stereocenters. The lowest BCUT2D eigenvalue weighted by Gasteiger charge is -2.33. The molecule has 0 radical (unpaired) electrons. The summed E-state index contributed by atoms with van der Waals surface area (Å²) in [6.45, 7) is 9.61. The maximum absolute atomic E-state index is 11.9. The molecule has 0 bridgehead atoms. The van der Waals surface area contributed by atoms with Gasteiger partial charge in [-0.05, 0) is 43.3 Å². The Balaban J connectivity index is 1.49. The predicted molar refractivity (Wildman–Crippen MR) is 117 cm³/mol.